The molecular weight excluding hydrogens is 357 g/mol. The number of thioether (sulfide) groups is 1. The molecule has 0 unspecified atom stereocenters. The molecule has 0 aromatic carbocycles. The highest BCUT2D eigenvalue weighted by atomic mass is 32.2. The monoisotopic (exact) mass is 377 g/mol. The Morgan fingerprint density at radius 3 is 2.76 bits per heavy atom. The summed E-state index contributed by atoms with van der Waals surface area (Å²) in [6, 6.07) is 3.86. The lowest BCUT2D eigenvalue weighted by Gasteiger charge is -2.11. The minimum absolute atomic E-state index is 0.265. The SMILES string of the molecule is CCSc1ccc(/C(=C\C2CCCC2)C(=O)Nc2ncc(F)s2)cn1. The second kappa shape index (κ2) is 8.58. The number of hydrogen-bond donors (Lipinski definition) is 1. The summed E-state index contributed by atoms with van der Waals surface area (Å²) < 4.78 is 13.1. The summed E-state index contributed by atoms with van der Waals surface area (Å²) in [7, 11) is 0. The molecule has 2 aromatic heterocycles. The third-order valence-corrected chi connectivity index (χ3v) is 5.61. The Morgan fingerprint density at radius 1 is 1.36 bits per heavy atom. The van der Waals surface area contributed by atoms with Gasteiger partial charge in [-0.25, -0.2) is 9.97 Å². The van der Waals surface area contributed by atoms with Crippen LogP contribution in [0.2, 0.25) is 0 Å². The number of thiazole rings is 1. The van der Waals surface area contributed by atoms with Crippen LogP contribution in [0.3, 0.4) is 0 Å². The predicted molar refractivity (Wildman–Crippen MR) is 101 cm³/mol. The number of anilines is 1. The molecular formula is C18H20FN3OS2. The average molecular weight is 378 g/mol. The first-order chi connectivity index (χ1) is 12.2. The van der Waals surface area contributed by atoms with Crippen molar-refractivity contribution < 1.29 is 9.18 Å². The van der Waals surface area contributed by atoms with Crippen LogP contribution in [-0.2, 0) is 4.79 Å². The van der Waals surface area contributed by atoms with Crippen molar-refractivity contribution in [1.82, 2.24) is 9.97 Å². The van der Waals surface area contributed by atoms with E-state index in [1.54, 1.807) is 18.0 Å². The number of rotatable bonds is 6. The van der Waals surface area contributed by atoms with Crippen molar-refractivity contribution in [2.24, 2.45) is 5.92 Å². The molecule has 3 rings (SSSR count). The maximum absolute atomic E-state index is 13.1. The lowest BCUT2D eigenvalue weighted by atomic mass is 9.99. The first kappa shape index (κ1) is 18.1. The fourth-order valence-corrected chi connectivity index (χ4v) is 4.04. The number of pyridine rings is 1. The quantitative estimate of drug-likeness (QED) is 0.568. The number of hydrogen-bond acceptors (Lipinski definition) is 5. The number of nitrogens with zero attached hydrogens (tertiary/aromatic N) is 2. The lowest BCUT2D eigenvalue weighted by molar-refractivity contribution is -0.111. The Hall–Kier alpha value is -1.73. The van der Waals surface area contributed by atoms with Crippen LogP contribution >= 0.6 is 23.1 Å². The van der Waals surface area contributed by atoms with Gasteiger partial charge in [-0.1, -0.05) is 37.2 Å². The van der Waals surface area contributed by atoms with Gasteiger partial charge in [-0.2, -0.15) is 4.39 Å². The van der Waals surface area contributed by atoms with E-state index in [9.17, 15) is 9.18 Å². The number of aromatic nitrogens is 2. The number of amides is 1. The second-order valence-electron chi connectivity index (χ2n) is 5.87. The number of halogens is 1. The molecule has 0 atom stereocenters. The zero-order valence-electron chi connectivity index (χ0n) is 14.0. The molecule has 1 saturated carbocycles. The summed E-state index contributed by atoms with van der Waals surface area (Å²) in [5, 5.41) is 3.49. The zero-order valence-corrected chi connectivity index (χ0v) is 15.6. The van der Waals surface area contributed by atoms with Crippen LogP contribution in [0.1, 0.15) is 38.2 Å². The molecule has 25 heavy (non-hydrogen) atoms. The van der Waals surface area contributed by atoms with Gasteiger partial charge in [0.15, 0.2) is 10.3 Å². The molecule has 0 bridgehead atoms. The summed E-state index contributed by atoms with van der Waals surface area (Å²) in [4.78, 5) is 21.0. The van der Waals surface area contributed by atoms with Gasteiger partial charge in [-0.05, 0) is 36.6 Å². The average Bonchev–Trinajstić information content (AvgIpc) is 3.25. The third-order valence-electron chi connectivity index (χ3n) is 4.08. The van der Waals surface area contributed by atoms with E-state index in [-0.39, 0.29) is 11.0 Å². The zero-order chi connectivity index (χ0) is 17.6. The van der Waals surface area contributed by atoms with Crippen molar-refractivity contribution in [3.05, 3.63) is 41.3 Å². The molecule has 1 aliphatic carbocycles. The lowest BCUT2D eigenvalue weighted by Crippen LogP contribution is -2.14. The Labute approximate surface area is 155 Å². The maximum Gasteiger partial charge on any atom is 0.257 e. The predicted octanol–water partition coefficient (Wildman–Crippen LogP) is 5.00. The van der Waals surface area contributed by atoms with E-state index in [0.29, 0.717) is 11.5 Å². The highest BCUT2D eigenvalue weighted by Crippen LogP contribution is 2.30. The number of carbonyl (C=O) groups is 1. The highest BCUT2D eigenvalue weighted by molar-refractivity contribution is 7.99. The minimum Gasteiger partial charge on any atom is -0.298 e. The van der Waals surface area contributed by atoms with Gasteiger partial charge in [-0.15, -0.1) is 11.8 Å². The first-order valence-corrected chi connectivity index (χ1v) is 10.2. The molecule has 132 valence electrons. The standard InChI is InChI=1S/C18H20FN3OS2/c1-2-24-16-8-7-13(10-20-16)14(9-12-5-3-4-6-12)17(23)22-18-21-11-15(19)25-18/h7-12H,2-6H2,1H3,(H,21,22,23)/b14-9+. The highest BCUT2D eigenvalue weighted by Gasteiger charge is 2.19. The van der Waals surface area contributed by atoms with Crippen molar-refractivity contribution in [2.45, 2.75) is 37.6 Å². The molecule has 2 heterocycles. The van der Waals surface area contributed by atoms with E-state index in [1.165, 1.54) is 12.8 Å². The summed E-state index contributed by atoms with van der Waals surface area (Å²) in [6.45, 7) is 2.08. The van der Waals surface area contributed by atoms with Crippen LogP contribution < -0.4 is 5.32 Å². The molecule has 0 radical (unpaired) electrons. The summed E-state index contributed by atoms with van der Waals surface area (Å²) in [5.41, 5.74) is 1.37. The number of carbonyl (C=O) groups excluding carboxylic acids is 1. The van der Waals surface area contributed by atoms with Crippen LogP contribution in [0.25, 0.3) is 5.57 Å². The van der Waals surface area contributed by atoms with E-state index in [0.717, 1.165) is 46.7 Å². The van der Waals surface area contributed by atoms with E-state index in [2.05, 4.69) is 22.2 Å². The van der Waals surface area contributed by atoms with Crippen LogP contribution in [-0.4, -0.2) is 21.6 Å². The second-order valence-corrected chi connectivity index (χ2v) is 8.13. The van der Waals surface area contributed by atoms with Crippen LogP contribution in [0.4, 0.5) is 9.52 Å². The first-order valence-electron chi connectivity index (χ1n) is 8.39. The summed E-state index contributed by atoms with van der Waals surface area (Å²) in [6.07, 6.45) is 9.46. The Bertz CT molecular complexity index is 752. The molecule has 4 nitrogen and oxygen atoms in total. The van der Waals surface area contributed by atoms with E-state index in [1.807, 2.05) is 18.2 Å². The van der Waals surface area contributed by atoms with Gasteiger partial charge in [0.2, 0.25) is 0 Å². The van der Waals surface area contributed by atoms with Crippen LogP contribution in [0, 0.1) is 11.0 Å². The minimum atomic E-state index is -0.417. The fourth-order valence-electron chi connectivity index (χ4n) is 2.91. The van der Waals surface area contributed by atoms with Crippen molar-refractivity contribution >= 4 is 39.7 Å². The molecule has 7 heteroatoms. The van der Waals surface area contributed by atoms with Crippen molar-refractivity contribution in [2.75, 3.05) is 11.1 Å². The van der Waals surface area contributed by atoms with Crippen molar-refractivity contribution in [3.63, 3.8) is 0 Å². The smallest absolute Gasteiger partial charge is 0.257 e. The molecule has 0 aliphatic heterocycles. The molecule has 1 aliphatic rings. The van der Waals surface area contributed by atoms with Gasteiger partial charge in [0.05, 0.1) is 11.2 Å². The van der Waals surface area contributed by atoms with Crippen LogP contribution in [0.5, 0.6) is 0 Å². The van der Waals surface area contributed by atoms with Crippen LogP contribution in [0.15, 0.2) is 35.6 Å². The maximum atomic E-state index is 13.1. The summed E-state index contributed by atoms with van der Waals surface area (Å²) in [5.74, 6) is 1.09. The van der Waals surface area contributed by atoms with Gasteiger partial charge < -0.3 is 0 Å². The van der Waals surface area contributed by atoms with E-state index >= 15 is 0 Å². The van der Waals surface area contributed by atoms with E-state index < -0.39 is 5.13 Å². The largest absolute Gasteiger partial charge is 0.298 e. The summed E-state index contributed by atoms with van der Waals surface area (Å²) >= 11 is 2.49. The molecule has 2 aromatic rings. The van der Waals surface area contributed by atoms with Crippen molar-refractivity contribution in [1.29, 1.82) is 0 Å². The fraction of sp³-hybridized carbons (Fsp3) is 0.389. The molecule has 0 saturated heterocycles. The Morgan fingerprint density at radius 2 is 2.16 bits per heavy atom. The Balaban J connectivity index is 1.84. The normalized spacial score (nSPS) is 15.5. The molecule has 1 N–H and O–H groups in total. The van der Waals surface area contributed by atoms with Crippen molar-refractivity contribution in [3.8, 4) is 0 Å². The third kappa shape index (κ3) is 4.89. The van der Waals surface area contributed by atoms with E-state index in [4.69, 9.17) is 0 Å². The molecule has 1 amide bonds. The van der Waals surface area contributed by atoms with Gasteiger partial charge in [-0.3, -0.25) is 10.1 Å². The topological polar surface area (TPSA) is 54.9 Å². The van der Waals surface area contributed by atoms with Gasteiger partial charge in [0.25, 0.3) is 5.91 Å². The Kier molecular flexibility index (Phi) is 6.20. The van der Waals surface area contributed by atoms with Gasteiger partial charge in [0, 0.05) is 17.3 Å². The van der Waals surface area contributed by atoms with Gasteiger partial charge in [0.1, 0.15) is 0 Å². The molecule has 0 spiro atoms. The number of allylic oxidation sites excluding steroid dienone is 1. The number of nitrogens with one attached hydrogen (secondary N) is 1. The van der Waals surface area contributed by atoms with Gasteiger partial charge >= 0.3 is 0 Å². The molecule has 1 fully saturated rings.